The zero-order valence-corrected chi connectivity index (χ0v) is 15.9. The molecule has 0 unspecified atom stereocenters. The largest absolute Gasteiger partial charge is 0.318 e. The number of amides is 1. The van der Waals surface area contributed by atoms with Crippen LogP contribution in [-0.2, 0) is 6.54 Å². The highest BCUT2D eigenvalue weighted by molar-refractivity contribution is 7.07. The number of carbonyl (C=O) groups excluding carboxylic acids is 1. The van der Waals surface area contributed by atoms with Crippen LogP contribution in [0.2, 0.25) is 0 Å². The van der Waals surface area contributed by atoms with Gasteiger partial charge in [-0.1, -0.05) is 12.1 Å². The Morgan fingerprint density at radius 1 is 1.21 bits per heavy atom. The molecule has 4 aromatic heterocycles. The number of thiazole rings is 1. The Balaban J connectivity index is 1.35. The molecule has 9 heteroatoms. The standard InChI is InChI=1S/C20H15N7OS/c28-20(24-15-8-23-27(9-15)10-16-11-29-12-22-16)19-17-4-3-13(6-18(17)25-26-19)14-2-1-5-21-7-14/h1-9,11-12H,10H2,(H,24,28)(H,25,26). The Morgan fingerprint density at radius 2 is 2.17 bits per heavy atom. The van der Waals surface area contributed by atoms with Crippen molar-refractivity contribution in [1.29, 1.82) is 0 Å². The summed E-state index contributed by atoms with van der Waals surface area (Å²) in [5.74, 6) is -0.293. The third-order valence-electron chi connectivity index (χ3n) is 4.47. The van der Waals surface area contributed by atoms with Crippen LogP contribution in [0.3, 0.4) is 0 Å². The molecular weight excluding hydrogens is 386 g/mol. The molecule has 142 valence electrons. The zero-order valence-electron chi connectivity index (χ0n) is 15.1. The van der Waals surface area contributed by atoms with Gasteiger partial charge in [-0.3, -0.25) is 19.6 Å². The van der Waals surface area contributed by atoms with Gasteiger partial charge in [0.1, 0.15) is 0 Å². The fourth-order valence-corrected chi connectivity index (χ4v) is 3.64. The number of carbonyl (C=O) groups is 1. The van der Waals surface area contributed by atoms with Crippen LogP contribution in [-0.4, -0.2) is 35.9 Å². The minimum atomic E-state index is -0.293. The molecule has 0 spiro atoms. The second kappa shape index (κ2) is 7.28. The summed E-state index contributed by atoms with van der Waals surface area (Å²) in [7, 11) is 0. The molecule has 2 N–H and O–H groups in total. The van der Waals surface area contributed by atoms with E-state index in [1.54, 1.807) is 35.0 Å². The van der Waals surface area contributed by atoms with Gasteiger partial charge in [0.25, 0.3) is 5.91 Å². The van der Waals surface area contributed by atoms with Crippen LogP contribution < -0.4 is 5.32 Å². The second-order valence-electron chi connectivity index (χ2n) is 6.43. The normalized spacial score (nSPS) is 11.0. The predicted molar refractivity (Wildman–Crippen MR) is 111 cm³/mol. The third kappa shape index (κ3) is 3.50. The first-order chi connectivity index (χ1) is 14.3. The molecule has 0 aliphatic heterocycles. The summed E-state index contributed by atoms with van der Waals surface area (Å²) in [6.45, 7) is 0.557. The SMILES string of the molecule is O=C(Nc1cnn(Cc2cscn2)c1)c1n[nH]c2cc(-c3cccnc3)ccc12. The number of anilines is 1. The van der Waals surface area contributed by atoms with Crippen molar-refractivity contribution in [2.24, 2.45) is 0 Å². The lowest BCUT2D eigenvalue weighted by atomic mass is 10.1. The van der Waals surface area contributed by atoms with Crippen molar-refractivity contribution in [3.8, 4) is 11.1 Å². The van der Waals surface area contributed by atoms with E-state index >= 15 is 0 Å². The van der Waals surface area contributed by atoms with Crippen LogP contribution in [0.5, 0.6) is 0 Å². The number of fused-ring (bicyclic) bond motifs is 1. The molecule has 1 aromatic carbocycles. The minimum Gasteiger partial charge on any atom is -0.318 e. The van der Waals surface area contributed by atoms with Gasteiger partial charge in [0.2, 0.25) is 0 Å². The van der Waals surface area contributed by atoms with Crippen molar-refractivity contribution in [2.75, 3.05) is 5.32 Å². The van der Waals surface area contributed by atoms with Crippen molar-refractivity contribution < 1.29 is 4.79 Å². The highest BCUT2D eigenvalue weighted by Gasteiger charge is 2.16. The fourth-order valence-electron chi connectivity index (χ4n) is 3.09. The van der Waals surface area contributed by atoms with Crippen LogP contribution in [0.4, 0.5) is 5.69 Å². The average Bonchev–Trinajstić information content (AvgIpc) is 3.50. The topological polar surface area (TPSA) is 101 Å². The number of H-pyrrole nitrogens is 1. The van der Waals surface area contributed by atoms with Crippen molar-refractivity contribution in [2.45, 2.75) is 6.54 Å². The van der Waals surface area contributed by atoms with Crippen LogP contribution in [0.1, 0.15) is 16.2 Å². The second-order valence-corrected chi connectivity index (χ2v) is 7.15. The van der Waals surface area contributed by atoms with Crippen LogP contribution >= 0.6 is 11.3 Å². The summed E-state index contributed by atoms with van der Waals surface area (Å²) in [6.07, 6.45) is 6.92. The minimum absolute atomic E-state index is 0.293. The van der Waals surface area contributed by atoms with E-state index in [2.05, 4.69) is 30.6 Å². The van der Waals surface area contributed by atoms with Crippen LogP contribution in [0, 0.1) is 0 Å². The van der Waals surface area contributed by atoms with E-state index < -0.39 is 0 Å². The monoisotopic (exact) mass is 401 g/mol. The Morgan fingerprint density at radius 3 is 3.00 bits per heavy atom. The number of nitrogens with one attached hydrogen (secondary N) is 2. The summed E-state index contributed by atoms with van der Waals surface area (Å²) < 4.78 is 1.73. The Bertz CT molecular complexity index is 1270. The molecule has 1 amide bonds. The van der Waals surface area contributed by atoms with Crippen molar-refractivity contribution in [3.63, 3.8) is 0 Å². The van der Waals surface area contributed by atoms with Gasteiger partial charge in [-0.25, -0.2) is 4.98 Å². The molecule has 0 fully saturated rings. The maximum Gasteiger partial charge on any atom is 0.276 e. The Labute approximate surface area is 169 Å². The zero-order chi connectivity index (χ0) is 19.6. The number of aromatic amines is 1. The number of nitrogens with zero attached hydrogens (tertiary/aromatic N) is 5. The van der Waals surface area contributed by atoms with Crippen molar-refractivity contribution in [1.82, 2.24) is 29.9 Å². The first-order valence-electron chi connectivity index (χ1n) is 8.86. The summed E-state index contributed by atoms with van der Waals surface area (Å²) in [5, 5.41) is 17.0. The van der Waals surface area contributed by atoms with Crippen LogP contribution in [0.25, 0.3) is 22.0 Å². The first kappa shape index (κ1) is 17.3. The van der Waals surface area contributed by atoms with E-state index in [9.17, 15) is 4.79 Å². The van der Waals surface area contributed by atoms with E-state index in [0.717, 1.165) is 27.7 Å². The molecule has 0 aliphatic carbocycles. The molecule has 0 aliphatic rings. The number of pyridine rings is 1. The van der Waals surface area contributed by atoms with Crippen molar-refractivity contribution >= 4 is 33.8 Å². The van der Waals surface area contributed by atoms with Gasteiger partial charge < -0.3 is 5.32 Å². The maximum absolute atomic E-state index is 12.7. The van der Waals surface area contributed by atoms with E-state index in [1.165, 1.54) is 11.3 Å². The average molecular weight is 401 g/mol. The van der Waals surface area contributed by atoms with Gasteiger partial charge in [0.05, 0.1) is 35.2 Å². The number of hydrogen-bond donors (Lipinski definition) is 2. The van der Waals surface area contributed by atoms with Crippen molar-refractivity contribution in [3.05, 3.63) is 77.4 Å². The molecule has 5 aromatic rings. The third-order valence-corrected chi connectivity index (χ3v) is 5.11. The highest BCUT2D eigenvalue weighted by Crippen LogP contribution is 2.25. The lowest BCUT2D eigenvalue weighted by molar-refractivity contribution is 0.102. The van der Waals surface area contributed by atoms with E-state index in [0.29, 0.717) is 17.9 Å². The Kier molecular flexibility index (Phi) is 4.34. The summed E-state index contributed by atoms with van der Waals surface area (Å²) >= 11 is 1.54. The molecular formula is C20H15N7OS. The molecule has 29 heavy (non-hydrogen) atoms. The smallest absolute Gasteiger partial charge is 0.276 e. The predicted octanol–water partition coefficient (Wildman–Crippen LogP) is 3.58. The Hall–Kier alpha value is -3.85. The molecule has 8 nitrogen and oxygen atoms in total. The molecule has 0 saturated heterocycles. The maximum atomic E-state index is 12.7. The summed E-state index contributed by atoms with van der Waals surface area (Å²) in [5.41, 5.74) is 6.45. The molecule has 0 bridgehead atoms. The molecule has 5 rings (SSSR count). The van der Waals surface area contributed by atoms with Crippen LogP contribution in [0.15, 0.2) is 66.0 Å². The number of benzene rings is 1. The summed E-state index contributed by atoms with van der Waals surface area (Å²) in [4.78, 5) is 21.1. The molecule has 0 radical (unpaired) electrons. The van der Waals surface area contributed by atoms with Gasteiger partial charge in [-0.2, -0.15) is 10.2 Å². The van der Waals surface area contributed by atoms with Gasteiger partial charge in [-0.05, 0) is 23.8 Å². The highest BCUT2D eigenvalue weighted by atomic mass is 32.1. The van der Waals surface area contributed by atoms with E-state index in [4.69, 9.17) is 0 Å². The fraction of sp³-hybridized carbons (Fsp3) is 0.0500. The number of aromatic nitrogens is 6. The van der Waals surface area contributed by atoms with E-state index in [-0.39, 0.29) is 5.91 Å². The first-order valence-corrected chi connectivity index (χ1v) is 9.80. The van der Waals surface area contributed by atoms with Gasteiger partial charge in [0.15, 0.2) is 5.69 Å². The van der Waals surface area contributed by atoms with E-state index in [1.807, 2.05) is 35.7 Å². The van der Waals surface area contributed by atoms with Gasteiger partial charge in [0, 0.05) is 34.9 Å². The molecule has 4 heterocycles. The molecule has 0 atom stereocenters. The number of rotatable bonds is 5. The quantitative estimate of drug-likeness (QED) is 0.469. The van der Waals surface area contributed by atoms with Gasteiger partial charge in [-0.15, -0.1) is 11.3 Å². The number of hydrogen-bond acceptors (Lipinski definition) is 6. The molecule has 0 saturated carbocycles. The summed E-state index contributed by atoms with van der Waals surface area (Å²) in [6, 6.07) is 9.68. The lowest BCUT2D eigenvalue weighted by Gasteiger charge is -2.02. The van der Waals surface area contributed by atoms with Gasteiger partial charge >= 0.3 is 0 Å². The lowest BCUT2D eigenvalue weighted by Crippen LogP contribution is -2.12.